The van der Waals surface area contributed by atoms with Gasteiger partial charge in [-0.3, -0.25) is 4.79 Å². The van der Waals surface area contributed by atoms with E-state index in [1.165, 1.54) is 42.1 Å². The second kappa shape index (κ2) is 9.30. The Morgan fingerprint density at radius 2 is 1.85 bits per heavy atom. The number of para-hydroxylation sites is 1. The van der Waals surface area contributed by atoms with Crippen molar-refractivity contribution >= 4 is 9.84 Å². The van der Waals surface area contributed by atoms with Crippen LogP contribution in [0.3, 0.4) is 0 Å². The summed E-state index contributed by atoms with van der Waals surface area (Å²) in [6.07, 6.45) is -4.69. The molecule has 0 unspecified atom stereocenters. The third kappa shape index (κ3) is 6.60. The molecule has 2 aromatic heterocycles. The summed E-state index contributed by atoms with van der Waals surface area (Å²) in [5, 5.41) is 0. The van der Waals surface area contributed by atoms with Gasteiger partial charge in [0.25, 0.3) is 0 Å². The van der Waals surface area contributed by atoms with Gasteiger partial charge in [-0.2, -0.15) is 23.1 Å². The predicted octanol–water partition coefficient (Wildman–Crippen LogP) is 3.95. The van der Waals surface area contributed by atoms with Crippen LogP contribution in [0.5, 0.6) is 11.8 Å². The number of hydrogen-bond donors (Lipinski definition) is 0. The van der Waals surface area contributed by atoms with Crippen LogP contribution in [0.1, 0.15) is 17.7 Å². The molecule has 0 aliphatic heterocycles. The summed E-state index contributed by atoms with van der Waals surface area (Å²) in [6, 6.07) is 7.78. The van der Waals surface area contributed by atoms with E-state index in [0.717, 1.165) is 6.07 Å². The summed E-state index contributed by atoms with van der Waals surface area (Å²) < 4.78 is 83.0. The molecule has 0 spiro atoms. The number of ether oxygens (including phenoxy) is 1. The molecule has 0 amide bonds. The van der Waals surface area contributed by atoms with Crippen molar-refractivity contribution in [3.05, 3.63) is 70.0 Å². The third-order valence-electron chi connectivity index (χ3n) is 4.56. The molecular weight excluding hydrogens is 466 g/mol. The van der Waals surface area contributed by atoms with Gasteiger partial charge in [-0.05, 0) is 30.7 Å². The fourth-order valence-corrected chi connectivity index (χ4v) is 4.18. The zero-order valence-electron chi connectivity index (χ0n) is 17.6. The maximum Gasteiger partial charge on any atom is 0.390 e. The van der Waals surface area contributed by atoms with E-state index >= 15 is 0 Å². The Balaban J connectivity index is 2.04. The summed E-state index contributed by atoms with van der Waals surface area (Å²) in [5.74, 6) is -2.80. The average molecular weight is 485 g/mol. The predicted molar refractivity (Wildman–Crippen MR) is 112 cm³/mol. The first-order valence-electron chi connectivity index (χ1n) is 9.58. The molecule has 1 aromatic carbocycles. The minimum atomic E-state index is -4.63. The minimum Gasteiger partial charge on any atom is -0.421 e. The number of halogens is 4. The van der Waals surface area contributed by atoms with E-state index in [-0.39, 0.29) is 22.7 Å². The van der Waals surface area contributed by atoms with Gasteiger partial charge < -0.3 is 9.30 Å². The molecule has 0 aliphatic carbocycles. The zero-order chi connectivity index (χ0) is 24.4. The van der Waals surface area contributed by atoms with Crippen LogP contribution in [-0.4, -0.2) is 34.9 Å². The summed E-state index contributed by atoms with van der Waals surface area (Å²) >= 11 is 0. The van der Waals surface area contributed by atoms with Crippen LogP contribution in [0.15, 0.2) is 47.4 Å². The topological polar surface area (TPSA) is 91.1 Å². The van der Waals surface area contributed by atoms with Crippen molar-refractivity contribution in [2.24, 2.45) is 7.05 Å². The van der Waals surface area contributed by atoms with Gasteiger partial charge in [-0.1, -0.05) is 12.1 Å². The first-order valence-corrected chi connectivity index (χ1v) is 11.4. The largest absolute Gasteiger partial charge is 0.421 e. The van der Waals surface area contributed by atoms with Crippen LogP contribution in [0.2, 0.25) is 0 Å². The molecule has 33 heavy (non-hydrogen) atoms. The van der Waals surface area contributed by atoms with Gasteiger partial charge in [0.05, 0.1) is 29.3 Å². The normalized spacial score (nSPS) is 12.1. The van der Waals surface area contributed by atoms with E-state index in [1.54, 1.807) is 13.0 Å². The second-order valence-electron chi connectivity index (χ2n) is 7.34. The van der Waals surface area contributed by atoms with Gasteiger partial charge in [0.15, 0.2) is 21.4 Å². The summed E-state index contributed by atoms with van der Waals surface area (Å²) in [4.78, 5) is 19.8. The molecule has 12 heteroatoms. The summed E-state index contributed by atoms with van der Waals surface area (Å²) in [5.41, 5.74) is 0.515. The number of alkyl halides is 3. The van der Waals surface area contributed by atoms with Crippen molar-refractivity contribution in [1.29, 1.82) is 0 Å². The standard InChI is InChI=1S/C21H19F4N3O4S/c1-13-4-3-5-16(22)19(13)32-20-26-15(12-33(30,31)9-8-21(23,24)25)10-17(27-20)14-6-7-18(29)28(2)11-14/h3-7,10-11H,8-9,12H2,1-2H3. The Hall–Kier alpha value is -3.28. The van der Waals surface area contributed by atoms with Gasteiger partial charge in [0.1, 0.15) is 0 Å². The molecule has 0 fully saturated rings. The Labute approximate surface area is 186 Å². The van der Waals surface area contributed by atoms with Crippen LogP contribution in [-0.2, 0) is 22.6 Å². The fourth-order valence-electron chi connectivity index (χ4n) is 2.89. The van der Waals surface area contributed by atoms with E-state index in [4.69, 9.17) is 4.74 Å². The van der Waals surface area contributed by atoms with Crippen molar-refractivity contribution in [2.45, 2.75) is 25.3 Å². The lowest BCUT2D eigenvalue weighted by atomic mass is 10.2. The molecule has 0 saturated heterocycles. The Morgan fingerprint density at radius 3 is 2.48 bits per heavy atom. The molecule has 7 nitrogen and oxygen atoms in total. The SMILES string of the molecule is Cc1cccc(F)c1Oc1nc(CS(=O)(=O)CCC(F)(F)F)cc(-c2ccc(=O)n(C)c2)n1. The molecule has 0 atom stereocenters. The van der Waals surface area contributed by atoms with Crippen molar-refractivity contribution in [3.63, 3.8) is 0 Å². The highest BCUT2D eigenvalue weighted by molar-refractivity contribution is 7.90. The monoisotopic (exact) mass is 485 g/mol. The third-order valence-corrected chi connectivity index (χ3v) is 6.12. The Bertz CT molecular complexity index is 1320. The lowest BCUT2D eigenvalue weighted by molar-refractivity contribution is -0.129. The van der Waals surface area contributed by atoms with Gasteiger partial charge in [0, 0.05) is 24.9 Å². The van der Waals surface area contributed by atoms with Crippen molar-refractivity contribution in [1.82, 2.24) is 14.5 Å². The lowest BCUT2D eigenvalue weighted by Crippen LogP contribution is -2.18. The number of rotatable bonds is 7. The molecule has 3 rings (SSSR count). The Kier molecular flexibility index (Phi) is 6.86. The van der Waals surface area contributed by atoms with Crippen molar-refractivity contribution < 1.29 is 30.7 Å². The minimum absolute atomic E-state index is 0.139. The number of aromatic nitrogens is 3. The van der Waals surface area contributed by atoms with Crippen LogP contribution >= 0.6 is 0 Å². The number of aryl methyl sites for hydroxylation is 2. The maximum atomic E-state index is 14.2. The van der Waals surface area contributed by atoms with E-state index in [9.17, 15) is 30.8 Å². The van der Waals surface area contributed by atoms with Gasteiger partial charge >= 0.3 is 12.2 Å². The van der Waals surface area contributed by atoms with Crippen molar-refractivity contribution in [2.75, 3.05) is 5.75 Å². The molecule has 0 N–H and O–H groups in total. The number of hydrogen-bond acceptors (Lipinski definition) is 6. The second-order valence-corrected chi connectivity index (χ2v) is 9.52. The van der Waals surface area contributed by atoms with Crippen LogP contribution < -0.4 is 10.3 Å². The molecule has 176 valence electrons. The van der Waals surface area contributed by atoms with Gasteiger partial charge in [-0.25, -0.2) is 12.8 Å². The highest BCUT2D eigenvalue weighted by Crippen LogP contribution is 2.28. The molecule has 0 radical (unpaired) electrons. The highest BCUT2D eigenvalue weighted by Gasteiger charge is 2.30. The molecule has 0 saturated carbocycles. The Morgan fingerprint density at radius 1 is 1.12 bits per heavy atom. The first-order chi connectivity index (χ1) is 15.3. The van der Waals surface area contributed by atoms with Gasteiger partial charge in [0.2, 0.25) is 5.56 Å². The quantitative estimate of drug-likeness (QED) is 0.471. The zero-order valence-corrected chi connectivity index (χ0v) is 18.4. The summed E-state index contributed by atoms with van der Waals surface area (Å²) in [7, 11) is -2.69. The van der Waals surface area contributed by atoms with Crippen LogP contribution in [0, 0.1) is 12.7 Å². The average Bonchev–Trinajstić information content (AvgIpc) is 2.70. The van der Waals surface area contributed by atoms with E-state index in [2.05, 4.69) is 9.97 Å². The summed E-state index contributed by atoms with van der Waals surface area (Å²) in [6.45, 7) is 1.58. The van der Waals surface area contributed by atoms with E-state index in [1.807, 2.05) is 0 Å². The molecular formula is C21H19F4N3O4S. The number of benzene rings is 1. The van der Waals surface area contributed by atoms with E-state index < -0.39 is 45.8 Å². The number of nitrogens with zero attached hydrogens (tertiary/aromatic N) is 3. The lowest BCUT2D eigenvalue weighted by Gasteiger charge is -2.12. The van der Waals surface area contributed by atoms with Crippen molar-refractivity contribution in [3.8, 4) is 23.0 Å². The van der Waals surface area contributed by atoms with Crippen LogP contribution in [0.4, 0.5) is 17.6 Å². The molecule has 3 aromatic rings. The molecule has 2 heterocycles. The van der Waals surface area contributed by atoms with Crippen LogP contribution in [0.25, 0.3) is 11.3 Å². The van der Waals surface area contributed by atoms with Gasteiger partial charge in [-0.15, -0.1) is 0 Å². The molecule has 0 aliphatic rings. The highest BCUT2D eigenvalue weighted by atomic mass is 32.2. The smallest absolute Gasteiger partial charge is 0.390 e. The van der Waals surface area contributed by atoms with E-state index in [0.29, 0.717) is 11.1 Å². The first kappa shape index (κ1) is 24.4. The fraction of sp³-hybridized carbons (Fsp3) is 0.286. The number of sulfone groups is 1. The molecule has 0 bridgehead atoms. The number of pyridine rings is 1. The maximum absolute atomic E-state index is 14.2.